The molecular formula is C43H63F2N5O10. The summed E-state index contributed by atoms with van der Waals surface area (Å²) in [6.07, 6.45) is -3.01. The van der Waals surface area contributed by atoms with Crippen LogP contribution in [-0.2, 0) is 44.6 Å². The molecular weight excluding hydrogens is 784 g/mol. The Morgan fingerprint density at radius 2 is 1.68 bits per heavy atom. The smallest absolute Gasteiger partial charge is 0.410 e. The third kappa shape index (κ3) is 9.30. The molecule has 15 nitrogen and oxygen atoms in total. The molecule has 5 rings (SSSR count). The van der Waals surface area contributed by atoms with Gasteiger partial charge in [-0.25, -0.2) is 18.4 Å². The fourth-order valence-electron chi connectivity index (χ4n) is 9.47. The maximum atomic E-state index is 16.9. The van der Waals surface area contributed by atoms with Gasteiger partial charge in [0.1, 0.15) is 29.5 Å². The van der Waals surface area contributed by atoms with E-state index in [1.54, 1.807) is 63.7 Å². The number of unbranched alkanes of at least 4 members (excludes halogenated alkanes) is 1. The van der Waals surface area contributed by atoms with Crippen molar-refractivity contribution in [2.24, 2.45) is 17.8 Å². The van der Waals surface area contributed by atoms with Crippen molar-refractivity contribution >= 4 is 23.6 Å². The maximum absolute atomic E-state index is 16.9. The maximum Gasteiger partial charge on any atom is 0.410 e. The summed E-state index contributed by atoms with van der Waals surface area (Å²) in [4.78, 5) is 60.0. The molecule has 2 aromatic rings. The van der Waals surface area contributed by atoms with Gasteiger partial charge in [-0.2, -0.15) is 0 Å². The lowest BCUT2D eigenvalue weighted by molar-refractivity contribution is -0.295. The first kappa shape index (κ1) is 47.2. The average Bonchev–Trinajstić information content (AvgIpc) is 3.77. The van der Waals surface area contributed by atoms with Crippen LogP contribution >= 0.6 is 0 Å². The summed E-state index contributed by atoms with van der Waals surface area (Å²) >= 11 is 0. The summed E-state index contributed by atoms with van der Waals surface area (Å²) in [6, 6.07) is 4.91. The van der Waals surface area contributed by atoms with Gasteiger partial charge in [0.25, 0.3) is 5.67 Å². The van der Waals surface area contributed by atoms with E-state index in [0.29, 0.717) is 37.1 Å². The molecule has 3 saturated heterocycles. The van der Waals surface area contributed by atoms with E-state index in [1.165, 1.54) is 25.0 Å². The largest absolute Gasteiger partial charge is 0.455 e. The summed E-state index contributed by atoms with van der Waals surface area (Å²) < 4.78 is 63.3. The molecule has 4 heterocycles. The molecule has 17 heteroatoms. The van der Waals surface area contributed by atoms with E-state index in [9.17, 15) is 28.7 Å². The number of alkyl halides is 1. The molecule has 0 radical (unpaired) electrons. The molecule has 60 heavy (non-hydrogen) atoms. The van der Waals surface area contributed by atoms with E-state index in [0.717, 1.165) is 6.92 Å². The molecule has 1 N–H and O–H groups in total. The molecule has 1 aromatic heterocycles. The number of halogens is 2. The third-order valence-electron chi connectivity index (χ3n) is 12.9. The average molecular weight is 848 g/mol. The molecule has 0 saturated carbocycles. The number of nitrogens with zero attached hydrogens (tertiary/aromatic N) is 5. The van der Waals surface area contributed by atoms with Gasteiger partial charge in [0, 0.05) is 49.6 Å². The van der Waals surface area contributed by atoms with Crippen molar-refractivity contribution < 1.29 is 56.7 Å². The SMILES string of the molecule is CC[C@H]1OC(=O)[C@@](C)(F)C(=O)[C@H](C)[C@@H](O[C@@H]2O[C@H](C)C[C@H](N(C)C)[C@H]2O)[C@](C)(OC)C[C@@H](C)C(=O)[C@H](C)[C@H]2N(CCCCn3cc(-c4ccccc4F)nn3)C(=O)O[C@]12C. The van der Waals surface area contributed by atoms with Crippen LogP contribution in [0.3, 0.4) is 0 Å². The lowest BCUT2D eigenvalue weighted by Gasteiger charge is -2.47. The highest BCUT2D eigenvalue weighted by Crippen LogP contribution is 2.44. The van der Waals surface area contributed by atoms with Gasteiger partial charge in [-0.15, -0.1) is 5.10 Å². The number of likely N-dealkylation sites (N-methyl/N-ethyl adjacent to an activating group) is 1. The fourth-order valence-corrected chi connectivity index (χ4v) is 9.47. The summed E-state index contributed by atoms with van der Waals surface area (Å²) in [6.45, 7) is 12.9. The molecule has 3 fully saturated rings. The van der Waals surface area contributed by atoms with Crippen molar-refractivity contribution in [2.75, 3.05) is 27.7 Å². The second-order valence-electron chi connectivity index (χ2n) is 17.6. The highest BCUT2D eigenvalue weighted by molar-refractivity contribution is 6.08. The number of cyclic esters (lactones) is 1. The van der Waals surface area contributed by atoms with Gasteiger partial charge in [-0.3, -0.25) is 14.3 Å². The van der Waals surface area contributed by atoms with E-state index < -0.39 is 88.9 Å². The zero-order chi connectivity index (χ0) is 44.5. The topological polar surface area (TPSA) is 172 Å². The third-order valence-corrected chi connectivity index (χ3v) is 12.9. The Labute approximate surface area is 351 Å². The molecule has 13 atom stereocenters. The van der Waals surface area contributed by atoms with Crippen LogP contribution in [0.1, 0.15) is 87.5 Å². The monoisotopic (exact) mass is 847 g/mol. The molecule has 334 valence electrons. The minimum Gasteiger partial charge on any atom is -0.455 e. The second-order valence-corrected chi connectivity index (χ2v) is 17.6. The van der Waals surface area contributed by atoms with E-state index in [4.69, 9.17) is 23.7 Å². The van der Waals surface area contributed by atoms with E-state index in [2.05, 4.69) is 10.3 Å². The van der Waals surface area contributed by atoms with E-state index in [1.807, 2.05) is 25.9 Å². The number of carbonyl (C=O) groups excluding carboxylic acids is 4. The summed E-state index contributed by atoms with van der Waals surface area (Å²) in [5, 5.41) is 19.6. The van der Waals surface area contributed by atoms with Crippen molar-refractivity contribution in [3.8, 4) is 11.3 Å². The molecule has 0 spiro atoms. The van der Waals surface area contributed by atoms with Crippen molar-refractivity contribution in [3.05, 3.63) is 36.3 Å². The van der Waals surface area contributed by atoms with Crippen LogP contribution in [0.25, 0.3) is 11.3 Å². The predicted octanol–water partition coefficient (Wildman–Crippen LogP) is 5.16. The first-order valence-corrected chi connectivity index (χ1v) is 20.9. The van der Waals surface area contributed by atoms with Gasteiger partial charge >= 0.3 is 12.1 Å². The van der Waals surface area contributed by atoms with Crippen molar-refractivity contribution in [1.82, 2.24) is 24.8 Å². The van der Waals surface area contributed by atoms with Gasteiger partial charge in [0.05, 0.1) is 30.0 Å². The Morgan fingerprint density at radius 1 is 1.02 bits per heavy atom. The first-order valence-electron chi connectivity index (χ1n) is 20.9. The Balaban J connectivity index is 1.46. The normalized spacial score (nSPS) is 37.1. The number of amides is 1. The van der Waals surface area contributed by atoms with Crippen molar-refractivity contribution in [3.63, 3.8) is 0 Å². The van der Waals surface area contributed by atoms with Crippen molar-refractivity contribution in [1.29, 1.82) is 0 Å². The van der Waals surface area contributed by atoms with Crippen LogP contribution in [-0.4, -0.2) is 141 Å². The van der Waals surface area contributed by atoms with Crippen LogP contribution in [0.4, 0.5) is 13.6 Å². The number of Topliss-reactive ketones (excluding diaryl/α,β-unsaturated/α-hetero) is 2. The molecule has 1 aromatic carbocycles. The van der Waals surface area contributed by atoms with Crippen LogP contribution in [0.5, 0.6) is 0 Å². The van der Waals surface area contributed by atoms with Crippen LogP contribution in [0, 0.1) is 23.6 Å². The number of fused-ring (bicyclic) bond motifs is 1. The molecule has 0 unspecified atom stereocenters. The molecule has 1 amide bonds. The minimum atomic E-state index is -3.20. The van der Waals surface area contributed by atoms with E-state index >= 15 is 4.39 Å². The Bertz CT molecular complexity index is 1860. The Kier molecular flexibility index (Phi) is 14.6. The van der Waals surface area contributed by atoms with Gasteiger partial charge in [0.15, 0.2) is 17.7 Å². The number of ketones is 2. The number of hydrogen-bond acceptors (Lipinski definition) is 13. The Hall–Kier alpha value is -3.90. The standard InChI is InChI=1S/C43H63F2N5O10/c1-12-32-43(8)35(50(40(55)60-43)20-16-15-19-49-23-30(46-47-49)28-17-13-14-18-29(28)44)26(4)33(51)24(2)22-41(6,56-11)37(27(5)36(53)42(7,45)39(54)58-32)59-38-34(52)31(48(9)10)21-25(3)57-38/h13-14,17-18,23-27,31-32,34-35,37-38,52H,12,15-16,19-22H2,1-11H3/t24-,25-,26+,27+,31+,32-,34-,35-,37-,38+,41-,42+,43-/m1/s1. The number of aromatic nitrogens is 3. The number of aliphatic hydroxyl groups is 1. The molecule has 0 aliphatic carbocycles. The number of ether oxygens (including phenoxy) is 5. The van der Waals surface area contributed by atoms with Gasteiger partial charge in [-0.05, 0) is 86.0 Å². The minimum absolute atomic E-state index is 0.0277. The molecule has 0 bridgehead atoms. The van der Waals surface area contributed by atoms with Crippen LogP contribution in [0.2, 0.25) is 0 Å². The first-order chi connectivity index (χ1) is 28.1. The lowest BCUT2D eigenvalue weighted by atomic mass is 9.73. The van der Waals surface area contributed by atoms with Crippen LogP contribution in [0.15, 0.2) is 30.5 Å². The van der Waals surface area contributed by atoms with Crippen molar-refractivity contribution in [2.45, 2.75) is 154 Å². The summed E-state index contributed by atoms with van der Waals surface area (Å²) in [5.41, 5.74) is -5.61. The predicted molar refractivity (Wildman–Crippen MR) is 215 cm³/mol. The molecule has 3 aliphatic rings. The van der Waals surface area contributed by atoms with Gasteiger partial charge in [0.2, 0.25) is 0 Å². The highest BCUT2D eigenvalue weighted by Gasteiger charge is 2.61. The number of carbonyl (C=O) groups is 4. The number of methoxy groups -OCH3 is 1. The number of benzene rings is 1. The highest BCUT2D eigenvalue weighted by atomic mass is 19.1. The summed E-state index contributed by atoms with van der Waals surface area (Å²) in [7, 11) is 5.01. The van der Waals surface area contributed by atoms with Gasteiger partial charge in [-0.1, -0.05) is 45.0 Å². The molecule has 3 aliphatic heterocycles. The number of hydrogen-bond donors (Lipinski definition) is 1. The number of aryl methyl sites for hydroxylation is 1. The van der Waals surface area contributed by atoms with Gasteiger partial charge < -0.3 is 38.6 Å². The lowest BCUT2D eigenvalue weighted by Crippen LogP contribution is -2.61. The zero-order valence-corrected chi connectivity index (χ0v) is 36.7. The number of rotatable bonds is 11. The van der Waals surface area contributed by atoms with E-state index in [-0.39, 0.29) is 37.3 Å². The zero-order valence-electron chi connectivity index (χ0n) is 36.7. The second kappa shape index (κ2) is 18.6. The number of esters is 1. The quantitative estimate of drug-likeness (QED) is 0.179. The fraction of sp³-hybridized carbons (Fsp3) is 0.721. The van der Waals surface area contributed by atoms with Crippen LogP contribution < -0.4 is 0 Å². The Morgan fingerprint density at radius 3 is 2.32 bits per heavy atom. The number of aliphatic hydroxyl groups excluding tert-OH is 1. The summed E-state index contributed by atoms with van der Waals surface area (Å²) in [5.74, 6) is -6.38.